The molecule has 0 aliphatic carbocycles. The predicted molar refractivity (Wildman–Crippen MR) is 86.8 cm³/mol. The Bertz CT molecular complexity index is 447. The molecule has 0 aromatic heterocycles. The zero-order valence-corrected chi connectivity index (χ0v) is 13.3. The van der Waals surface area contributed by atoms with Crippen molar-refractivity contribution in [2.75, 3.05) is 26.9 Å². The Kier molecular flexibility index (Phi) is 8.28. The van der Waals surface area contributed by atoms with Crippen molar-refractivity contribution in [3.63, 3.8) is 0 Å². The van der Waals surface area contributed by atoms with Crippen LogP contribution in [0.1, 0.15) is 30.9 Å². The van der Waals surface area contributed by atoms with Crippen LogP contribution in [0.5, 0.6) is 5.75 Å². The highest BCUT2D eigenvalue weighted by Crippen LogP contribution is 2.21. The van der Waals surface area contributed by atoms with Crippen LogP contribution < -0.4 is 15.8 Å². The summed E-state index contributed by atoms with van der Waals surface area (Å²) < 4.78 is 10.7. The Morgan fingerprint density at radius 1 is 1.33 bits per heavy atom. The molecule has 1 aromatic carbocycles. The van der Waals surface area contributed by atoms with Crippen LogP contribution in [0.4, 0.5) is 0 Å². The van der Waals surface area contributed by atoms with Crippen molar-refractivity contribution in [1.82, 2.24) is 5.32 Å². The first kappa shape index (κ1) is 17.3. The molecule has 118 valence electrons. The van der Waals surface area contributed by atoms with Gasteiger partial charge in [0, 0.05) is 19.2 Å². The second-order valence-corrected chi connectivity index (χ2v) is 4.93. The Morgan fingerprint density at radius 2 is 2.14 bits per heavy atom. The molecule has 0 atom stereocenters. The molecule has 0 saturated heterocycles. The van der Waals surface area contributed by atoms with E-state index < -0.39 is 0 Å². The summed E-state index contributed by atoms with van der Waals surface area (Å²) in [6.07, 6.45) is 2.22. The number of unbranched alkanes of at least 4 members (excludes halogenated alkanes) is 1. The maximum absolute atomic E-state index is 5.84. The second-order valence-electron chi connectivity index (χ2n) is 4.93. The van der Waals surface area contributed by atoms with Crippen LogP contribution in [0.2, 0.25) is 0 Å². The number of nitrogens with zero attached hydrogens (tertiary/aromatic N) is 1. The second kappa shape index (κ2) is 10.0. The summed E-state index contributed by atoms with van der Waals surface area (Å²) in [4.78, 5) is 4.36. The molecule has 0 spiro atoms. The smallest absolute Gasteiger partial charge is 0.188 e. The van der Waals surface area contributed by atoms with E-state index in [2.05, 4.69) is 23.3 Å². The molecule has 0 saturated carbocycles. The summed E-state index contributed by atoms with van der Waals surface area (Å²) in [5.74, 6) is 1.32. The number of ether oxygens (including phenoxy) is 2. The van der Waals surface area contributed by atoms with Gasteiger partial charge >= 0.3 is 0 Å². The largest absolute Gasteiger partial charge is 0.491 e. The molecule has 0 aliphatic rings. The van der Waals surface area contributed by atoms with Crippen LogP contribution in [-0.2, 0) is 11.3 Å². The predicted octanol–water partition coefficient (Wildman–Crippen LogP) is 2.22. The van der Waals surface area contributed by atoms with Gasteiger partial charge < -0.3 is 20.5 Å². The van der Waals surface area contributed by atoms with Gasteiger partial charge in [0.05, 0.1) is 13.2 Å². The molecule has 0 bridgehead atoms. The third kappa shape index (κ3) is 6.99. The molecule has 21 heavy (non-hydrogen) atoms. The van der Waals surface area contributed by atoms with E-state index in [0.717, 1.165) is 36.3 Å². The Balaban J connectivity index is 2.62. The number of nitrogens with two attached hydrogens (primary N) is 1. The molecule has 0 fully saturated rings. The van der Waals surface area contributed by atoms with Crippen molar-refractivity contribution in [2.45, 2.75) is 33.2 Å². The van der Waals surface area contributed by atoms with Gasteiger partial charge in [-0.1, -0.05) is 25.5 Å². The third-order valence-electron chi connectivity index (χ3n) is 3.02. The maximum atomic E-state index is 5.84. The molecule has 0 radical (unpaired) electrons. The van der Waals surface area contributed by atoms with Crippen LogP contribution in [-0.4, -0.2) is 32.8 Å². The van der Waals surface area contributed by atoms with Crippen molar-refractivity contribution in [1.29, 1.82) is 0 Å². The van der Waals surface area contributed by atoms with Gasteiger partial charge in [-0.05, 0) is 25.0 Å². The van der Waals surface area contributed by atoms with Gasteiger partial charge in [-0.25, -0.2) is 4.99 Å². The van der Waals surface area contributed by atoms with E-state index in [-0.39, 0.29) is 0 Å². The summed E-state index contributed by atoms with van der Waals surface area (Å²) >= 11 is 0. The standard InChI is InChI=1S/C16H27N3O2/c1-4-5-8-18-16(17)19-12-14-7-6-13(2)11-15(14)21-10-9-20-3/h6-7,11H,4-5,8-10,12H2,1-3H3,(H3,17,18,19). The van der Waals surface area contributed by atoms with E-state index >= 15 is 0 Å². The van der Waals surface area contributed by atoms with Crippen LogP contribution in [0, 0.1) is 6.92 Å². The molecule has 0 unspecified atom stereocenters. The number of nitrogens with one attached hydrogen (secondary N) is 1. The average Bonchev–Trinajstić information content (AvgIpc) is 2.47. The first-order chi connectivity index (χ1) is 10.2. The lowest BCUT2D eigenvalue weighted by molar-refractivity contribution is 0.146. The van der Waals surface area contributed by atoms with E-state index in [9.17, 15) is 0 Å². The zero-order chi connectivity index (χ0) is 15.5. The number of rotatable bonds is 9. The van der Waals surface area contributed by atoms with Gasteiger partial charge in [-0.3, -0.25) is 0 Å². The van der Waals surface area contributed by atoms with Crippen LogP contribution in [0.3, 0.4) is 0 Å². The van der Waals surface area contributed by atoms with Crippen LogP contribution >= 0.6 is 0 Å². The first-order valence-corrected chi connectivity index (χ1v) is 7.42. The number of guanidine groups is 1. The lowest BCUT2D eigenvalue weighted by Gasteiger charge is -2.11. The fourth-order valence-electron chi connectivity index (χ4n) is 1.78. The van der Waals surface area contributed by atoms with Crippen LogP contribution in [0.25, 0.3) is 0 Å². The molecule has 0 amide bonds. The lowest BCUT2D eigenvalue weighted by atomic mass is 10.1. The van der Waals surface area contributed by atoms with E-state index in [1.165, 1.54) is 0 Å². The highest BCUT2D eigenvalue weighted by Gasteiger charge is 2.04. The van der Waals surface area contributed by atoms with Crippen molar-refractivity contribution in [3.05, 3.63) is 29.3 Å². The molecule has 1 aromatic rings. The zero-order valence-electron chi connectivity index (χ0n) is 13.3. The van der Waals surface area contributed by atoms with E-state index in [1.807, 2.05) is 19.1 Å². The number of hydrogen-bond donors (Lipinski definition) is 2. The molecule has 3 N–H and O–H groups in total. The molecular formula is C16H27N3O2. The van der Waals surface area contributed by atoms with Crippen LogP contribution in [0.15, 0.2) is 23.2 Å². The van der Waals surface area contributed by atoms with E-state index in [1.54, 1.807) is 7.11 Å². The first-order valence-electron chi connectivity index (χ1n) is 7.42. The number of aryl methyl sites for hydroxylation is 1. The van der Waals surface area contributed by atoms with Gasteiger partial charge in [-0.2, -0.15) is 0 Å². The summed E-state index contributed by atoms with van der Waals surface area (Å²) in [7, 11) is 1.66. The Hall–Kier alpha value is -1.75. The summed E-state index contributed by atoms with van der Waals surface area (Å²) in [6, 6.07) is 6.09. The van der Waals surface area contributed by atoms with Crippen molar-refractivity contribution in [2.24, 2.45) is 10.7 Å². The Labute approximate surface area is 127 Å². The SMILES string of the molecule is CCCCNC(N)=NCc1ccc(C)cc1OCCOC. The van der Waals surface area contributed by atoms with Crippen molar-refractivity contribution in [3.8, 4) is 5.75 Å². The Morgan fingerprint density at radius 3 is 2.86 bits per heavy atom. The molecular weight excluding hydrogens is 266 g/mol. The van der Waals surface area contributed by atoms with Gasteiger partial charge in [0.25, 0.3) is 0 Å². The molecule has 0 aliphatic heterocycles. The number of aliphatic imine (C=N–C) groups is 1. The highest BCUT2D eigenvalue weighted by molar-refractivity contribution is 5.77. The fraction of sp³-hybridized carbons (Fsp3) is 0.562. The average molecular weight is 293 g/mol. The third-order valence-corrected chi connectivity index (χ3v) is 3.02. The molecule has 5 nitrogen and oxygen atoms in total. The number of hydrogen-bond acceptors (Lipinski definition) is 3. The number of benzene rings is 1. The fourth-order valence-corrected chi connectivity index (χ4v) is 1.78. The number of methoxy groups -OCH3 is 1. The minimum atomic E-state index is 0.479. The van der Waals surface area contributed by atoms with Gasteiger partial charge in [0.1, 0.15) is 12.4 Å². The van der Waals surface area contributed by atoms with E-state index in [4.69, 9.17) is 15.2 Å². The van der Waals surface area contributed by atoms with E-state index in [0.29, 0.717) is 25.7 Å². The maximum Gasteiger partial charge on any atom is 0.188 e. The lowest BCUT2D eigenvalue weighted by Crippen LogP contribution is -2.32. The molecule has 5 heteroatoms. The van der Waals surface area contributed by atoms with Crippen molar-refractivity contribution >= 4 is 5.96 Å². The van der Waals surface area contributed by atoms with Crippen molar-refractivity contribution < 1.29 is 9.47 Å². The normalized spacial score (nSPS) is 11.5. The van der Waals surface area contributed by atoms with Gasteiger partial charge in [0.2, 0.25) is 0 Å². The van der Waals surface area contributed by atoms with Gasteiger partial charge in [-0.15, -0.1) is 0 Å². The monoisotopic (exact) mass is 293 g/mol. The summed E-state index contributed by atoms with van der Waals surface area (Å²) in [5.41, 5.74) is 8.02. The molecule has 1 rings (SSSR count). The van der Waals surface area contributed by atoms with Gasteiger partial charge in [0.15, 0.2) is 5.96 Å². The minimum Gasteiger partial charge on any atom is -0.491 e. The topological polar surface area (TPSA) is 68.9 Å². The summed E-state index contributed by atoms with van der Waals surface area (Å²) in [6.45, 7) is 6.64. The minimum absolute atomic E-state index is 0.479. The quantitative estimate of drug-likeness (QED) is 0.416. The summed E-state index contributed by atoms with van der Waals surface area (Å²) in [5, 5.41) is 3.10. The highest BCUT2D eigenvalue weighted by atomic mass is 16.5. The molecule has 0 heterocycles.